The number of amides is 1. The molecular formula is C65H125NO8. The molecule has 0 radical (unpaired) electrons. The molecule has 7 atom stereocenters. The number of aliphatic hydroxyl groups excluding tert-OH is 5. The minimum Gasteiger partial charge on any atom is -0.394 e. The Balaban J connectivity index is 2.15. The average molecular weight is 1050 g/mol. The summed E-state index contributed by atoms with van der Waals surface area (Å²) in [5.41, 5.74) is 0. The number of hydrogen-bond acceptors (Lipinski definition) is 8. The number of hydrogen-bond donors (Lipinski definition) is 6. The van der Waals surface area contributed by atoms with Crippen molar-refractivity contribution < 1.29 is 39.8 Å². The number of allylic oxidation sites excluding steroid dienone is 4. The van der Waals surface area contributed by atoms with Gasteiger partial charge in [0, 0.05) is 6.42 Å². The number of rotatable bonds is 57. The van der Waals surface area contributed by atoms with Crippen LogP contribution in [0.1, 0.15) is 328 Å². The zero-order valence-corrected chi connectivity index (χ0v) is 48.9. The van der Waals surface area contributed by atoms with Crippen LogP contribution in [0.2, 0.25) is 0 Å². The minimum atomic E-state index is -1.55. The van der Waals surface area contributed by atoms with E-state index in [-0.39, 0.29) is 12.5 Å². The van der Waals surface area contributed by atoms with Crippen molar-refractivity contribution in [1.29, 1.82) is 0 Å². The van der Waals surface area contributed by atoms with Crippen LogP contribution in [-0.2, 0) is 14.3 Å². The van der Waals surface area contributed by atoms with Gasteiger partial charge in [0.15, 0.2) is 6.29 Å². The Morgan fingerprint density at radius 3 is 1.16 bits per heavy atom. The molecule has 1 aliphatic heterocycles. The lowest BCUT2D eigenvalue weighted by Crippen LogP contribution is -2.60. The van der Waals surface area contributed by atoms with Crippen molar-refractivity contribution in [1.82, 2.24) is 5.32 Å². The highest BCUT2D eigenvalue weighted by Gasteiger charge is 2.44. The van der Waals surface area contributed by atoms with E-state index in [0.29, 0.717) is 12.8 Å². The van der Waals surface area contributed by atoms with Crippen molar-refractivity contribution in [3.05, 3.63) is 24.3 Å². The molecular weight excluding hydrogens is 923 g/mol. The number of aliphatic hydroxyl groups is 5. The summed E-state index contributed by atoms with van der Waals surface area (Å²) >= 11 is 0. The van der Waals surface area contributed by atoms with E-state index in [9.17, 15) is 30.3 Å². The highest BCUT2D eigenvalue weighted by Crippen LogP contribution is 2.24. The van der Waals surface area contributed by atoms with Gasteiger partial charge < -0.3 is 40.3 Å². The van der Waals surface area contributed by atoms with Gasteiger partial charge in [-0.2, -0.15) is 0 Å². The van der Waals surface area contributed by atoms with Gasteiger partial charge in [-0.25, -0.2) is 0 Å². The molecule has 6 N–H and O–H groups in total. The molecule has 9 nitrogen and oxygen atoms in total. The molecule has 0 aromatic rings. The summed E-state index contributed by atoms with van der Waals surface area (Å²) in [6.45, 7) is 3.89. The fraction of sp³-hybridized carbons (Fsp3) is 0.923. The van der Waals surface area contributed by atoms with Gasteiger partial charge in [0.2, 0.25) is 5.91 Å². The molecule has 1 amide bonds. The maximum atomic E-state index is 13.1. The fourth-order valence-electron chi connectivity index (χ4n) is 10.7. The Labute approximate surface area is 458 Å². The van der Waals surface area contributed by atoms with Crippen LogP contribution >= 0.6 is 0 Å². The monoisotopic (exact) mass is 1050 g/mol. The molecule has 74 heavy (non-hydrogen) atoms. The fourth-order valence-corrected chi connectivity index (χ4v) is 10.7. The lowest BCUT2D eigenvalue weighted by atomic mass is 9.99. The zero-order chi connectivity index (χ0) is 53.6. The summed E-state index contributed by atoms with van der Waals surface area (Å²) in [6, 6.07) is -0.720. The van der Waals surface area contributed by atoms with Gasteiger partial charge in [-0.15, -0.1) is 0 Å². The summed E-state index contributed by atoms with van der Waals surface area (Å²) in [4.78, 5) is 13.1. The van der Waals surface area contributed by atoms with Crippen LogP contribution in [0.4, 0.5) is 0 Å². The van der Waals surface area contributed by atoms with Crippen LogP contribution in [0.5, 0.6) is 0 Å². The Morgan fingerprint density at radius 1 is 0.459 bits per heavy atom. The first-order valence-corrected chi connectivity index (χ1v) is 32.5. The van der Waals surface area contributed by atoms with Gasteiger partial charge >= 0.3 is 0 Å². The summed E-state index contributed by atoms with van der Waals surface area (Å²) in [5.74, 6) is -0.141. The van der Waals surface area contributed by atoms with Crippen molar-refractivity contribution in [2.75, 3.05) is 13.2 Å². The van der Waals surface area contributed by atoms with E-state index in [1.54, 1.807) is 0 Å². The predicted molar refractivity (Wildman–Crippen MR) is 314 cm³/mol. The largest absolute Gasteiger partial charge is 0.394 e. The zero-order valence-electron chi connectivity index (χ0n) is 48.9. The van der Waals surface area contributed by atoms with Crippen LogP contribution in [0.25, 0.3) is 0 Å². The standard InChI is InChI=1S/C65H125NO8/c1-3-5-7-9-11-13-15-17-19-21-23-25-27-29-30-31-33-35-37-39-41-43-45-47-49-51-53-55-61(69)66-58(57-73-65-64(72)63(71)62(70)60(56-67)74-65)59(68)54-52-50-48-46-44-42-40-38-36-34-32-28-26-24-22-20-18-16-14-12-10-8-6-4-2/h23,25,29-30,58-60,62-65,67-68,70-72H,3-22,24,26-28,31-57H2,1-2H3,(H,66,69)/b25-23-,30-29-. The summed E-state index contributed by atoms with van der Waals surface area (Å²) in [5, 5.41) is 54.8. The van der Waals surface area contributed by atoms with Crippen LogP contribution < -0.4 is 5.32 Å². The first-order valence-electron chi connectivity index (χ1n) is 32.5. The molecule has 1 heterocycles. The highest BCUT2D eigenvalue weighted by atomic mass is 16.7. The van der Waals surface area contributed by atoms with Gasteiger partial charge in [-0.1, -0.05) is 301 Å². The van der Waals surface area contributed by atoms with Crippen molar-refractivity contribution in [2.24, 2.45) is 0 Å². The third-order valence-corrected chi connectivity index (χ3v) is 15.8. The van der Waals surface area contributed by atoms with Gasteiger partial charge in [0.1, 0.15) is 24.4 Å². The van der Waals surface area contributed by atoms with Crippen molar-refractivity contribution >= 4 is 5.91 Å². The van der Waals surface area contributed by atoms with Crippen LogP contribution in [0.15, 0.2) is 24.3 Å². The van der Waals surface area contributed by atoms with Gasteiger partial charge in [0.05, 0.1) is 25.4 Å². The summed E-state index contributed by atoms with van der Waals surface area (Å²) in [6.07, 6.45) is 63.7. The van der Waals surface area contributed by atoms with E-state index >= 15 is 0 Å². The molecule has 9 heteroatoms. The molecule has 7 unspecified atom stereocenters. The highest BCUT2D eigenvalue weighted by molar-refractivity contribution is 5.76. The van der Waals surface area contributed by atoms with Crippen molar-refractivity contribution in [3.8, 4) is 0 Å². The van der Waals surface area contributed by atoms with Crippen molar-refractivity contribution in [3.63, 3.8) is 0 Å². The molecule has 0 aromatic carbocycles. The quantitative estimate of drug-likeness (QED) is 0.0261. The Morgan fingerprint density at radius 2 is 0.797 bits per heavy atom. The number of nitrogens with one attached hydrogen (secondary N) is 1. The van der Waals surface area contributed by atoms with Crippen molar-refractivity contribution in [2.45, 2.75) is 371 Å². The second kappa shape index (κ2) is 55.0. The second-order valence-corrected chi connectivity index (χ2v) is 22.9. The maximum Gasteiger partial charge on any atom is 0.220 e. The average Bonchev–Trinajstić information content (AvgIpc) is 3.40. The molecule has 1 fully saturated rings. The van der Waals surface area contributed by atoms with E-state index in [1.807, 2.05) is 0 Å². The lowest BCUT2D eigenvalue weighted by molar-refractivity contribution is -0.302. The molecule has 0 spiro atoms. The SMILES string of the molecule is CCCCCCCCCCC/C=C\C/C=C\CCCCCCCCCCCCCC(=O)NC(COC1OC(CO)C(O)C(O)C1O)C(O)CCCCCCCCCCCCCCCCCCCCCCCCCC. The van der Waals surface area contributed by atoms with Gasteiger partial charge in [-0.3, -0.25) is 4.79 Å². The first-order chi connectivity index (χ1) is 36.3. The Hall–Kier alpha value is -1.33. The minimum absolute atomic E-state index is 0.136. The second-order valence-electron chi connectivity index (χ2n) is 22.9. The van der Waals surface area contributed by atoms with E-state index in [1.165, 1.54) is 257 Å². The summed E-state index contributed by atoms with van der Waals surface area (Å²) < 4.78 is 11.4. The van der Waals surface area contributed by atoms with Crippen LogP contribution in [0, 0.1) is 0 Å². The Kier molecular flexibility index (Phi) is 52.5. The molecule has 0 aromatic heterocycles. The first kappa shape index (κ1) is 70.7. The number of carbonyl (C=O) groups is 1. The smallest absolute Gasteiger partial charge is 0.220 e. The van der Waals surface area contributed by atoms with E-state index in [4.69, 9.17) is 9.47 Å². The van der Waals surface area contributed by atoms with Gasteiger partial charge in [-0.05, 0) is 44.9 Å². The normalized spacial score (nSPS) is 19.0. The predicted octanol–water partition coefficient (Wildman–Crippen LogP) is 16.9. The van der Waals surface area contributed by atoms with Gasteiger partial charge in [0.25, 0.3) is 0 Å². The number of ether oxygens (including phenoxy) is 2. The lowest BCUT2D eigenvalue weighted by Gasteiger charge is -2.40. The Bertz CT molecular complexity index is 1210. The molecule has 0 bridgehead atoms. The molecule has 1 aliphatic rings. The number of unbranched alkanes of at least 4 members (excludes halogenated alkanes) is 43. The number of carbonyl (C=O) groups excluding carboxylic acids is 1. The molecule has 0 aliphatic carbocycles. The van der Waals surface area contributed by atoms with E-state index in [0.717, 1.165) is 44.9 Å². The topological polar surface area (TPSA) is 149 Å². The maximum absolute atomic E-state index is 13.1. The van der Waals surface area contributed by atoms with E-state index in [2.05, 4.69) is 43.5 Å². The third kappa shape index (κ3) is 43.6. The van der Waals surface area contributed by atoms with Crippen LogP contribution in [0.3, 0.4) is 0 Å². The molecule has 438 valence electrons. The summed E-state index contributed by atoms with van der Waals surface area (Å²) in [7, 11) is 0. The third-order valence-electron chi connectivity index (χ3n) is 15.8. The molecule has 1 rings (SSSR count). The molecule has 0 saturated carbocycles. The molecule has 1 saturated heterocycles. The van der Waals surface area contributed by atoms with Crippen LogP contribution in [-0.4, -0.2) is 87.5 Å². The van der Waals surface area contributed by atoms with E-state index < -0.39 is 49.5 Å².